The van der Waals surface area contributed by atoms with Crippen molar-refractivity contribution in [2.75, 3.05) is 14.2 Å². The predicted octanol–water partition coefficient (Wildman–Crippen LogP) is 4.91. The van der Waals surface area contributed by atoms with Crippen molar-refractivity contribution in [1.82, 2.24) is 9.38 Å². The van der Waals surface area contributed by atoms with Gasteiger partial charge in [-0.15, -0.1) is 0 Å². The number of ether oxygens (including phenoxy) is 2. The van der Waals surface area contributed by atoms with Gasteiger partial charge in [-0.25, -0.2) is 14.4 Å². The molecule has 0 atom stereocenters. The normalized spacial score (nSPS) is 11.2. The van der Waals surface area contributed by atoms with Crippen molar-refractivity contribution >= 4 is 17.7 Å². The summed E-state index contributed by atoms with van der Waals surface area (Å²) in [5, 5.41) is 0. The van der Waals surface area contributed by atoms with Gasteiger partial charge in [0.15, 0.2) is 17.3 Å². The van der Waals surface area contributed by atoms with Gasteiger partial charge in [0.2, 0.25) is 0 Å². The third kappa shape index (κ3) is 3.32. The van der Waals surface area contributed by atoms with Crippen molar-refractivity contribution in [3.05, 3.63) is 78.2 Å². The molecule has 6 heteroatoms. The lowest BCUT2D eigenvalue weighted by atomic mass is 10.1. The van der Waals surface area contributed by atoms with E-state index >= 15 is 0 Å². The Kier molecular flexibility index (Phi) is 4.76. The zero-order valence-corrected chi connectivity index (χ0v) is 15.5. The summed E-state index contributed by atoms with van der Waals surface area (Å²) in [5.74, 6) is 1.66. The fourth-order valence-corrected chi connectivity index (χ4v) is 2.98. The first kappa shape index (κ1) is 17.7. The number of rotatable bonds is 5. The highest BCUT2D eigenvalue weighted by molar-refractivity contribution is 5.86. The number of aliphatic imine (C=N–C) groups is 1. The van der Waals surface area contributed by atoms with Crippen LogP contribution in [0.5, 0.6) is 11.5 Å². The van der Waals surface area contributed by atoms with Gasteiger partial charge in [0.25, 0.3) is 0 Å². The molecule has 0 bridgehead atoms. The minimum Gasteiger partial charge on any atom is -0.493 e. The predicted molar refractivity (Wildman–Crippen MR) is 107 cm³/mol. The van der Waals surface area contributed by atoms with Gasteiger partial charge >= 0.3 is 0 Å². The topological polar surface area (TPSA) is 48.1 Å². The first-order valence-electron chi connectivity index (χ1n) is 8.68. The summed E-state index contributed by atoms with van der Waals surface area (Å²) in [4.78, 5) is 9.35. The molecule has 0 saturated heterocycles. The van der Waals surface area contributed by atoms with Crippen molar-refractivity contribution in [3.63, 3.8) is 0 Å². The number of nitrogens with zero attached hydrogens (tertiary/aromatic N) is 3. The standard InChI is InChI=1S/C22H18FN3O2/c1-27-18-11-6-15(13-19(18)28-2)14-24-22-21(16-7-9-17(23)10-8-16)25-20-5-3-4-12-26(20)22/h3-14H,1-2H3. The van der Waals surface area contributed by atoms with E-state index in [2.05, 4.69) is 9.98 Å². The molecule has 0 unspecified atom stereocenters. The van der Waals surface area contributed by atoms with Crippen LogP contribution in [0.15, 0.2) is 71.9 Å². The Hall–Kier alpha value is -3.67. The van der Waals surface area contributed by atoms with E-state index in [1.807, 2.05) is 47.0 Å². The summed E-state index contributed by atoms with van der Waals surface area (Å²) in [5.41, 5.74) is 3.10. The second-order valence-electron chi connectivity index (χ2n) is 6.09. The van der Waals surface area contributed by atoms with Crippen LogP contribution < -0.4 is 9.47 Å². The van der Waals surface area contributed by atoms with Crippen molar-refractivity contribution in [1.29, 1.82) is 0 Å². The first-order chi connectivity index (χ1) is 13.7. The van der Waals surface area contributed by atoms with E-state index in [1.54, 1.807) is 32.6 Å². The molecule has 4 aromatic rings. The van der Waals surface area contributed by atoms with Crippen molar-refractivity contribution in [3.8, 4) is 22.8 Å². The van der Waals surface area contributed by atoms with E-state index in [0.717, 1.165) is 16.8 Å². The molecule has 2 heterocycles. The molecule has 2 aromatic carbocycles. The third-order valence-corrected chi connectivity index (χ3v) is 4.37. The van der Waals surface area contributed by atoms with Crippen LogP contribution in [0.2, 0.25) is 0 Å². The molecular formula is C22H18FN3O2. The van der Waals surface area contributed by atoms with Crippen molar-refractivity contribution in [2.45, 2.75) is 0 Å². The number of aromatic nitrogens is 2. The number of imidazole rings is 1. The molecule has 2 aromatic heterocycles. The average molecular weight is 375 g/mol. The molecule has 0 aliphatic heterocycles. The molecular weight excluding hydrogens is 357 g/mol. The number of hydrogen-bond donors (Lipinski definition) is 0. The Bertz CT molecular complexity index is 1150. The maximum absolute atomic E-state index is 13.3. The van der Waals surface area contributed by atoms with Gasteiger partial charge in [0.1, 0.15) is 17.2 Å². The van der Waals surface area contributed by atoms with Crippen LogP contribution in [0.1, 0.15) is 5.56 Å². The molecule has 140 valence electrons. The van der Waals surface area contributed by atoms with Crippen LogP contribution in [0, 0.1) is 5.82 Å². The lowest BCUT2D eigenvalue weighted by molar-refractivity contribution is 0.355. The third-order valence-electron chi connectivity index (χ3n) is 4.37. The van der Waals surface area contributed by atoms with Crippen LogP contribution in [0.4, 0.5) is 10.2 Å². The number of methoxy groups -OCH3 is 2. The van der Waals surface area contributed by atoms with Crippen LogP contribution >= 0.6 is 0 Å². The van der Waals surface area contributed by atoms with Crippen LogP contribution in [0.3, 0.4) is 0 Å². The number of pyridine rings is 1. The Morgan fingerprint density at radius 1 is 0.964 bits per heavy atom. The molecule has 0 spiro atoms. The molecule has 0 amide bonds. The van der Waals surface area contributed by atoms with Crippen LogP contribution in [-0.4, -0.2) is 29.8 Å². The fraction of sp³-hybridized carbons (Fsp3) is 0.0909. The highest BCUT2D eigenvalue weighted by atomic mass is 19.1. The van der Waals surface area contributed by atoms with E-state index in [4.69, 9.17) is 9.47 Å². The lowest BCUT2D eigenvalue weighted by Crippen LogP contribution is -1.92. The minimum atomic E-state index is -0.289. The number of hydrogen-bond acceptors (Lipinski definition) is 4. The molecule has 28 heavy (non-hydrogen) atoms. The van der Waals surface area contributed by atoms with E-state index in [-0.39, 0.29) is 5.82 Å². The molecule has 0 saturated carbocycles. The maximum Gasteiger partial charge on any atom is 0.165 e. The number of fused-ring (bicyclic) bond motifs is 1. The smallest absolute Gasteiger partial charge is 0.165 e. The Labute approximate surface area is 161 Å². The summed E-state index contributed by atoms with van der Waals surface area (Å²) in [6, 6.07) is 17.5. The molecule has 0 aliphatic rings. The average Bonchev–Trinajstić information content (AvgIpc) is 3.11. The van der Waals surface area contributed by atoms with Gasteiger partial charge in [0.05, 0.1) is 14.2 Å². The number of halogens is 1. The minimum absolute atomic E-state index is 0.289. The van der Waals surface area contributed by atoms with Gasteiger partial charge in [-0.3, -0.25) is 4.40 Å². The largest absolute Gasteiger partial charge is 0.493 e. The lowest BCUT2D eigenvalue weighted by Gasteiger charge is -2.07. The Morgan fingerprint density at radius 3 is 2.50 bits per heavy atom. The molecule has 5 nitrogen and oxygen atoms in total. The Balaban J connectivity index is 1.80. The van der Waals surface area contributed by atoms with Crippen molar-refractivity contribution in [2.24, 2.45) is 4.99 Å². The summed E-state index contributed by atoms with van der Waals surface area (Å²) < 4.78 is 25.9. The molecule has 4 rings (SSSR count). The molecule has 0 fully saturated rings. The summed E-state index contributed by atoms with van der Waals surface area (Å²) in [6.45, 7) is 0. The van der Waals surface area contributed by atoms with Crippen LogP contribution in [0.25, 0.3) is 16.9 Å². The molecule has 0 aliphatic carbocycles. The van der Waals surface area contributed by atoms with Gasteiger partial charge in [-0.1, -0.05) is 6.07 Å². The second-order valence-corrected chi connectivity index (χ2v) is 6.09. The van der Waals surface area contributed by atoms with Gasteiger partial charge in [-0.05, 0) is 60.2 Å². The van der Waals surface area contributed by atoms with Gasteiger partial charge in [0, 0.05) is 18.0 Å². The van der Waals surface area contributed by atoms with E-state index < -0.39 is 0 Å². The van der Waals surface area contributed by atoms with Crippen molar-refractivity contribution < 1.29 is 13.9 Å². The molecule has 0 N–H and O–H groups in total. The highest BCUT2D eigenvalue weighted by Gasteiger charge is 2.13. The zero-order chi connectivity index (χ0) is 19.5. The fourth-order valence-electron chi connectivity index (χ4n) is 2.98. The summed E-state index contributed by atoms with van der Waals surface area (Å²) >= 11 is 0. The zero-order valence-electron chi connectivity index (χ0n) is 15.5. The first-order valence-corrected chi connectivity index (χ1v) is 8.68. The van der Waals surface area contributed by atoms with E-state index in [0.29, 0.717) is 23.0 Å². The van der Waals surface area contributed by atoms with Crippen LogP contribution in [-0.2, 0) is 0 Å². The van der Waals surface area contributed by atoms with Gasteiger partial charge in [-0.2, -0.15) is 0 Å². The monoisotopic (exact) mass is 375 g/mol. The SMILES string of the molecule is COc1ccc(C=Nc2c(-c3ccc(F)cc3)nc3ccccn23)cc1OC. The van der Waals surface area contributed by atoms with E-state index in [9.17, 15) is 4.39 Å². The maximum atomic E-state index is 13.3. The summed E-state index contributed by atoms with van der Waals surface area (Å²) in [7, 11) is 3.19. The van der Waals surface area contributed by atoms with Gasteiger partial charge < -0.3 is 9.47 Å². The second kappa shape index (κ2) is 7.52. The van der Waals surface area contributed by atoms with E-state index in [1.165, 1.54) is 12.1 Å². The molecule has 0 radical (unpaired) electrons. The Morgan fingerprint density at radius 2 is 1.75 bits per heavy atom. The highest BCUT2D eigenvalue weighted by Crippen LogP contribution is 2.32. The number of benzene rings is 2. The summed E-state index contributed by atoms with van der Waals surface area (Å²) in [6.07, 6.45) is 3.64. The quantitative estimate of drug-likeness (QED) is 0.466.